The number of benzene rings is 2. The molecule has 1 fully saturated rings. The molecule has 0 bridgehead atoms. The summed E-state index contributed by atoms with van der Waals surface area (Å²) in [6, 6.07) is 13.5. The second kappa shape index (κ2) is 11.1. The van der Waals surface area contributed by atoms with Crippen molar-refractivity contribution in [2.75, 3.05) is 56.4 Å². The molecule has 5 rings (SSSR count). The number of aromatic hydroxyl groups is 2. The van der Waals surface area contributed by atoms with Crippen LogP contribution in [0.2, 0.25) is 0 Å². The molecule has 8 heteroatoms. The van der Waals surface area contributed by atoms with Crippen molar-refractivity contribution in [1.29, 1.82) is 0 Å². The molecular formula is C28H37N5O2S. The number of thiazole rings is 1. The van der Waals surface area contributed by atoms with Crippen LogP contribution in [0.4, 0.5) is 10.8 Å². The molecule has 7 nitrogen and oxygen atoms in total. The molecule has 1 aromatic heterocycles. The summed E-state index contributed by atoms with van der Waals surface area (Å²) >= 11 is 1.67. The van der Waals surface area contributed by atoms with Gasteiger partial charge in [0.25, 0.3) is 0 Å². The minimum absolute atomic E-state index is 0.177. The normalized spacial score (nSPS) is 18.5. The van der Waals surface area contributed by atoms with Crippen molar-refractivity contribution in [1.82, 2.24) is 14.8 Å². The number of aromatic nitrogens is 1. The second-order valence-corrected chi connectivity index (χ2v) is 11.0. The maximum absolute atomic E-state index is 10.7. The van der Waals surface area contributed by atoms with Crippen LogP contribution in [0.3, 0.4) is 0 Å². The number of fused-ring (bicyclic) bond motifs is 1. The molecule has 0 spiro atoms. The highest BCUT2D eigenvalue weighted by molar-refractivity contribution is 7.15. The van der Waals surface area contributed by atoms with Gasteiger partial charge < -0.3 is 20.8 Å². The molecule has 3 aromatic rings. The van der Waals surface area contributed by atoms with E-state index in [0.717, 1.165) is 64.3 Å². The summed E-state index contributed by atoms with van der Waals surface area (Å²) < 4.78 is 0. The Balaban J connectivity index is 1.15. The van der Waals surface area contributed by atoms with Gasteiger partial charge in [0.1, 0.15) is 11.5 Å². The molecular weight excluding hydrogens is 470 g/mol. The first kappa shape index (κ1) is 24.9. The van der Waals surface area contributed by atoms with Crippen molar-refractivity contribution in [3.05, 3.63) is 53.0 Å². The maximum Gasteiger partial charge on any atom is 0.180 e. The molecule has 1 saturated heterocycles. The van der Waals surface area contributed by atoms with E-state index < -0.39 is 0 Å². The van der Waals surface area contributed by atoms with Crippen LogP contribution < -0.4 is 10.6 Å². The zero-order valence-corrected chi connectivity index (χ0v) is 21.9. The molecule has 192 valence electrons. The van der Waals surface area contributed by atoms with Gasteiger partial charge in [0.05, 0.1) is 5.69 Å². The number of anilines is 2. The molecule has 4 N–H and O–H groups in total. The molecule has 0 saturated carbocycles. The third-order valence-electron chi connectivity index (χ3n) is 7.57. The molecule has 2 aromatic carbocycles. The van der Waals surface area contributed by atoms with Crippen LogP contribution in [0.1, 0.15) is 30.3 Å². The summed E-state index contributed by atoms with van der Waals surface area (Å²) in [6.07, 6.45) is 4.47. The van der Waals surface area contributed by atoms with Gasteiger partial charge >= 0.3 is 0 Å². The lowest BCUT2D eigenvalue weighted by Crippen LogP contribution is -2.50. The molecule has 1 aliphatic carbocycles. The Hall–Kier alpha value is -2.81. The van der Waals surface area contributed by atoms with Gasteiger partial charge in [-0.1, -0.05) is 25.1 Å². The molecule has 2 heterocycles. The number of piperazine rings is 1. The Kier molecular flexibility index (Phi) is 7.65. The van der Waals surface area contributed by atoms with Gasteiger partial charge in [-0.2, -0.15) is 0 Å². The highest BCUT2D eigenvalue weighted by Gasteiger charge is 2.27. The van der Waals surface area contributed by atoms with E-state index in [1.54, 1.807) is 23.5 Å². The monoisotopic (exact) mass is 507 g/mol. The van der Waals surface area contributed by atoms with Gasteiger partial charge in [-0.15, -0.1) is 11.3 Å². The summed E-state index contributed by atoms with van der Waals surface area (Å²) in [7, 11) is 0. The maximum atomic E-state index is 10.7. The Morgan fingerprint density at radius 1 is 1.03 bits per heavy atom. The highest BCUT2D eigenvalue weighted by atomic mass is 32.1. The van der Waals surface area contributed by atoms with Crippen LogP contribution in [0.25, 0.3) is 11.1 Å². The predicted octanol–water partition coefficient (Wildman–Crippen LogP) is 4.20. The number of aryl methyl sites for hydroxylation is 1. The largest absolute Gasteiger partial charge is 0.507 e. The second-order valence-electron chi connectivity index (χ2n) is 9.90. The van der Waals surface area contributed by atoms with Crippen LogP contribution in [-0.4, -0.2) is 76.9 Å². The van der Waals surface area contributed by atoms with Gasteiger partial charge in [-0.05, 0) is 50.4 Å². The Labute approximate surface area is 217 Å². The van der Waals surface area contributed by atoms with E-state index in [-0.39, 0.29) is 11.5 Å². The average Bonchev–Trinajstić information content (AvgIpc) is 3.26. The van der Waals surface area contributed by atoms with E-state index in [4.69, 9.17) is 5.73 Å². The highest BCUT2D eigenvalue weighted by Crippen LogP contribution is 2.37. The van der Waals surface area contributed by atoms with Crippen molar-refractivity contribution < 1.29 is 10.2 Å². The molecule has 2 aliphatic rings. The number of hydrogen-bond acceptors (Lipinski definition) is 8. The zero-order chi connectivity index (χ0) is 25.1. The number of nitrogen functional groups attached to an aromatic ring is 1. The Bertz CT molecular complexity index is 1170. The minimum Gasteiger partial charge on any atom is -0.507 e. The average molecular weight is 508 g/mol. The van der Waals surface area contributed by atoms with E-state index in [2.05, 4.69) is 26.6 Å². The van der Waals surface area contributed by atoms with Crippen molar-refractivity contribution in [3.8, 4) is 22.6 Å². The van der Waals surface area contributed by atoms with Crippen molar-refractivity contribution in [2.24, 2.45) is 0 Å². The van der Waals surface area contributed by atoms with E-state index in [0.29, 0.717) is 22.3 Å². The van der Waals surface area contributed by atoms with Crippen LogP contribution in [0, 0.1) is 0 Å². The molecule has 1 aliphatic heterocycles. The van der Waals surface area contributed by atoms with Crippen LogP contribution in [0.5, 0.6) is 11.5 Å². The van der Waals surface area contributed by atoms with Gasteiger partial charge in [0.15, 0.2) is 5.13 Å². The summed E-state index contributed by atoms with van der Waals surface area (Å²) in [5, 5.41) is 21.5. The number of nitrogens with two attached hydrogens (primary N) is 1. The number of hydrogen-bond donors (Lipinski definition) is 3. The molecule has 1 atom stereocenters. The third-order valence-corrected chi connectivity index (χ3v) is 8.52. The van der Waals surface area contributed by atoms with E-state index in [1.165, 1.54) is 23.4 Å². The SMILES string of the molecule is CCCN(CCN1CCN(c2ccc(-c3ccccc3O)c(O)c2)CC1)C1CCc2nc(N)sc2C1. The van der Waals surface area contributed by atoms with Gasteiger partial charge in [0.2, 0.25) is 0 Å². The van der Waals surface area contributed by atoms with E-state index >= 15 is 0 Å². The molecule has 36 heavy (non-hydrogen) atoms. The first-order valence-electron chi connectivity index (χ1n) is 13.1. The lowest BCUT2D eigenvalue weighted by molar-refractivity contribution is 0.146. The zero-order valence-electron chi connectivity index (χ0n) is 21.1. The van der Waals surface area contributed by atoms with Crippen molar-refractivity contribution in [2.45, 2.75) is 38.6 Å². The molecule has 0 radical (unpaired) electrons. The number of nitrogens with zero attached hydrogens (tertiary/aromatic N) is 4. The first-order chi connectivity index (χ1) is 17.5. The third kappa shape index (κ3) is 5.45. The van der Waals surface area contributed by atoms with Gasteiger partial charge in [0, 0.05) is 73.1 Å². The minimum atomic E-state index is 0.177. The lowest BCUT2D eigenvalue weighted by Gasteiger charge is -2.39. The fraction of sp³-hybridized carbons (Fsp3) is 0.464. The summed E-state index contributed by atoms with van der Waals surface area (Å²) in [6.45, 7) is 9.50. The van der Waals surface area contributed by atoms with Gasteiger partial charge in [-0.3, -0.25) is 9.80 Å². The Morgan fingerprint density at radius 2 is 1.81 bits per heavy atom. The molecule has 0 amide bonds. The summed E-state index contributed by atoms with van der Waals surface area (Å²) in [4.78, 5) is 13.5. The van der Waals surface area contributed by atoms with E-state index in [1.807, 2.05) is 30.3 Å². The number of phenolic OH excluding ortho intramolecular Hbond substituents is 2. The quantitative estimate of drug-likeness (QED) is 0.421. The topological polar surface area (TPSA) is 89.1 Å². The first-order valence-corrected chi connectivity index (χ1v) is 13.9. The number of rotatable bonds is 8. The predicted molar refractivity (Wildman–Crippen MR) is 148 cm³/mol. The fourth-order valence-corrected chi connectivity index (χ4v) is 6.55. The summed E-state index contributed by atoms with van der Waals surface area (Å²) in [5.74, 6) is 0.376. The fourth-order valence-electron chi connectivity index (χ4n) is 5.60. The summed E-state index contributed by atoms with van der Waals surface area (Å²) in [5.41, 5.74) is 9.51. The Morgan fingerprint density at radius 3 is 2.56 bits per heavy atom. The molecule has 1 unspecified atom stereocenters. The van der Waals surface area contributed by atoms with Crippen LogP contribution >= 0.6 is 11.3 Å². The van der Waals surface area contributed by atoms with Gasteiger partial charge in [-0.25, -0.2) is 4.98 Å². The number of phenols is 2. The van der Waals surface area contributed by atoms with Crippen LogP contribution in [-0.2, 0) is 12.8 Å². The standard InChI is InChI=1S/C28H37N5O2S/c1-2-11-32(21-8-10-24-27(19-21)36-28(29)30-24)15-12-31-13-16-33(17-14-31)20-7-9-23(26(35)18-20)22-5-3-4-6-25(22)34/h3-7,9,18,21,34-35H,2,8,10-17,19H2,1H3,(H2,29,30). The smallest absolute Gasteiger partial charge is 0.180 e. The van der Waals surface area contributed by atoms with E-state index in [9.17, 15) is 10.2 Å². The van der Waals surface area contributed by atoms with Crippen molar-refractivity contribution in [3.63, 3.8) is 0 Å². The number of para-hydroxylation sites is 1. The van der Waals surface area contributed by atoms with Crippen LogP contribution in [0.15, 0.2) is 42.5 Å². The lowest BCUT2D eigenvalue weighted by atomic mass is 9.96. The van der Waals surface area contributed by atoms with Crippen molar-refractivity contribution >= 4 is 22.2 Å².